The van der Waals surface area contributed by atoms with Crippen LogP contribution in [0.2, 0.25) is 0 Å². The van der Waals surface area contributed by atoms with Gasteiger partial charge in [-0.1, -0.05) is 36.4 Å². The van der Waals surface area contributed by atoms with Crippen molar-refractivity contribution < 1.29 is 38.2 Å². The smallest absolute Gasteiger partial charge is 0.306 e. The number of esters is 1. The number of anilines is 1. The number of carbonyl (C=O) groups is 5. The Morgan fingerprint density at radius 1 is 0.898 bits per heavy atom. The van der Waals surface area contributed by atoms with Gasteiger partial charge in [0, 0.05) is 82.0 Å². The minimum Gasteiger partial charge on any atom is -0.461 e. The van der Waals surface area contributed by atoms with Gasteiger partial charge in [-0.05, 0) is 43.4 Å². The highest BCUT2D eigenvalue weighted by molar-refractivity contribution is 6.06. The third kappa shape index (κ3) is 10.9. The van der Waals surface area contributed by atoms with Crippen molar-refractivity contribution in [3.63, 3.8) is 0 Å². The Balaban J connectivity index is 0.868. The van der Waals surface area contributed by atoms with E-state index < -0.39 is 11.9 Å². The Hall–Kier alpha value is -4.17. The number of fused-ring (bicyclic) bond motifs is 1. The van der Waals surface area contributed by atoms with Gasteiger partial charge in [-0.2, -0.15) is 0 Å². The van der Waals surface area contributed by atoms with Gasteiger partial charge >= 0.3 is 5.97 Å². The molecule has 2 fully saturated rings. The highest BCUT2D eigenvalue weighted by Crippen LogP contribution is 2.32. The van der Waals surface area contributed by atoms with E-state index in [1.807, 2.05) is 30.3 Å². The Bertz CT molecular complexity index is 1450. The van der Waals surface area contributed by atoms with Gasteiger partial charge in [0.1, 0.15) is 12.6 Å². The van der Waals surface area contributed by atoms with Crippen LogP contribution in [0.3, 0.4) is 0 Å². The number of ether oxygens (including phenoxy) is 3. The Labute approximate surface area is 287 Å². The van der Waals surface area contributed by atoms with E-state index in [1.54, 1.807) is 18.2 Å². The van der Waals surface area contributed by atoms with Crippen LogP contribution in [0.5, 0.6) is 0 Å². The molecular formula is C36H47N5O8. The van der Waals surface area contributed by atoms with Crippen LogP contribution in [0, 0.1) is 0 Å². The predicted octanol–water partition coefficient (Wildman–Crippen LogP) is 2.39. The zero-order chi connectivity index (χ0) is 34.4. The molecule has 264 valence electrons. The summed E-state index contributed by atoms with van der Waals surface area (Å²) in [7, 11) is 0. The molecule has 3 aliphatic rings. The molecule has 0 bridgehead atoms. The molecule has 2 saturated heterocycles. The second-order valence-electron chi connectivity index (χ2n) is 12.6. The first kappa shape index (κ1) is 36.1. The van der Waals surface area contributed by atoms with Gasteiger partial charge in [0.05, 0.1) is 19.3 Å². The zero-order valence-electron chi connectivity index (χ0n) is 28.0. The van der Waals surface area contributed by atoms with Gasteiger partial charge < -0.3 is 34.6 Å². The van der Waals surface area contributed by atoms with Crippen molar-refractivity contribution in [1.82, 2.24) is 20.4 Å². The van der Waals surface area contributed by atoms with Gasteiger partial charge in [0.25, 0.3) is 5.91 Å². The van der Waals surface area contributed by atoms with Gasteiger partial charge in [-0.25, -0.2) is 0 Å². The van der Waals surface area contributed by atoms with Crippen LogP contribution >= 0.6 is 0 Å². The van der Waals surface area contributed by atoms with Crippen molar-refractivity contribution in [2.45, 2.75) is 70.2 Å². The van der Waals surface area contributed by atoms with E-state index >= 15 is 0 Å². The highest BCUT2D eigenvalue weighted by Gasteiger charge is 2.40. The van der Waals surface area contributed by atoms with Crippen LogP contribution in [0.15, 0.2) is 48.5 Å². The summed E-state index contributed by atoms with van der Waals surface area (Å²) in [5, 5.41) is 8.48. The number of rotatable bonds is 18. The summed E-state index contributed by atoms with van der Waals surface area (Å²) < 4.78 is 17.1. The first-order valence-corrected chi connectivity index (χ1v) is 17.3. The highest BCUT2D eigenvalue weighted by atomic mass is 16.5. The number of carbonyl (C=O) groups excluding carboxylic acids is 5. The summed E-state index contributed by atoms with van der Waals surface area (Å²) in [5.74, 6) is -1.45. The van der Waals surface area contributed by atoms with E-state index in [1.165, 1.54) is 4.90 Å². The van der Waals surface area contributed by atoms with E-state index in [9.17, 15) is 24.0 Å². The molecule has 3 N–H and O–H groups in total. The number of benzene rings is 2. The average Bonchev–Trinajstić information content (AvgIpc) is 3.44. The van der Waals surface area contributed by atoms with Crippen LogP contribution in [0.25, 0.3) is 0 Å². The molecule has 5 rings (SSSR count). The minimum atomic E-state index is -0.702. The Kier molecular flexibility index (Phi) is 13.7. The second-order valence-corrected chi connectivity index (χ2v) is 12.6. The molecule has 3 heterocycles. The lowest BCUT2D eigenvalue weighted by atomic mass is 10.0. The number of hydrogen-bond donors (Lipinski definition) is 3. The van der Waals surface area contributed by atoms with Crippen LogP contribution < -0.4 is 16.0 Å². The van der Waals surface area contributed by atoms with Crippen LogP contribution in [0.4, 0.5) is 5.69 Å². The average molecular weight is 678 g/mol. The maximum absolute atomic E-state index is 13.0. The normalized spacial score (nSPS) is 18.3. The van der Waals surface area contributed by atoms with Crippen molar-refractivity contribution in [3.05, 3.63) is 65.2 Å². The number of likely N-dealkylation sites (tertiary alicyclic amines) is 1. The predicted molar refractivity (Wildman–Crippen MR) is 180 cm³/mol. The van der Waals surface area contributed by atoms with Crippen LogP contribution in [-0.2, 0) is 46.5 Å². The SMILES string of the molecule is O=C1CCC(N2Cc3c(NC(=O)CCNCCOC4CCN(CCOCCCC(=O)OCc5ccccc5)CC4)cccc3C2=O)C(=O)N1. The summed E-state index contributed by atoms with van der Waals surface area (Å²) >= 11 is 0. The molecule has 0 saturated carbocycles. The maximum atomic E-state index is 13.0. The second kappa shape index (κ2) is 18.6. The summed E-state index contributed by atoms with van der Waals surface area (Å²) in [6.07, 6.45) is 3.86. The van der Waals surface area contributed by atoms with E-state index in [2.05, 4.69) is 20.9 Å². The first-order chi connectivity index (χ1) is 23.9. The molecule has 3 aliphatic heterocycles. The fraction of sp³-hybridized carbons (Fsp3) is 0.528. The monoisotopic (exact) mass is 677 g/mol. The number of imide groups is 1. The third-order valence-corrected chi connectivity index (χ3v) is 9.02. The molecule has 2 aromatic carbocycles. The quantitative estimate of drug-likeness (QED) is 0.122. The number of nitrogens with zero attached hydrogens (tertiary/aromatic N) is 2. The van der Waals surface area contributed by atoms with Crippen molar-refractivity contribution in [1.29, 1.82) is 0 Å². The molecule has 1 unspecified atom stereocenters. The standard InChI is InChI=1S/C36H47N5O8/c42-32-12-11-31(35(45)39-32)41-24-29-28(36(41)46)8-4-9-30(29)38-33(43)13-16-37-17-22-48-27-14-18-40(19-15-27)20-23-47-21-5-10-34(44)49-25-26-6-2-1-3-7-26/h1-4,6-9,27,31,37H,5,10-25H2,(H,38,43)(H,39,42,45). The largest absolute Gasteiger partial charge is 0.461 e. The fourth-order valence-corrected chi connectivity index (χ4v) is 6.26. The van der Waals surface area contributed by atoms with Crippen LogP contribution in [-0.4, -0.2) is 104 Å². The summed E-state index contributed by atoms with van der Waals surface area (Å²) in [6.45, 7) is 6.12. The first-order valence-electron chi connectivity index (χ1n) is 17.3. The summed E-state index contributed by atoms with van der Waals surface area (Å²) in [6, 6.07) is 14.1. The van der Waals surface area contributed by atoms with Gasteiger partial charge in [-0.3, -0.25) is 29.3 Å². The van der Waals surface area contributed by atoms with E-state index in [-0.39, 0.29) is 55.6 Å². The number of piperidine rings is 2. The summed E-state index contributed by atoms with van der Waals surface area (Å²) in [4.78, 5) is 65.3. The van der Waals surface area contributed by atoms with Crippen LogP contribution in [0.1, 0.15) is 66.4 Å². The maximum Gasteiger partial charge on any atom is 0.306 e. The van der Waals surface area contributed by atoms with Crippen molar-refractivity contribution in [3.8, 4) is 0 Å². The molecular weight excluding hydrogens is 630 g/mol. The Morgan fingerprint density at radius 2 is 1.71 bits per heavy atom. The van der Waals surface area contributed by atoms with Gasteiger partial charge in [0.2, 0.25) is 17.7 Å². The van der Waals surface area contributed by atoms with E-state index in [0.717, 1.165) is 38.0 Å². The number of nitrogens with one attached hydrogen (secondary N) is 3. The molecule has 0 radical (unpaired) electrons. The molecule has 49 heavy (non-hydrogen) atoms. The third-order valence-electron chi connectivity index (χ3n) is 9.02. The molecule has 4 amide bonds. The molecule has 1 atom stereocenters. The Morgan fingerprint density at radius 3 is 2.51 bits per heavy atom. The van der Waals surface area contributed by atoms with Crippen molar-refractivity contribution in [2.24, 2.45) is 0 Å². The number of amides is 4. The topological polar surface area (TPSA) is 156 Å². The lowest BCUT2D eigenvalue weighted by molar-refractivity contribution is -0.145. The molecule has 0 aliphatic carbocycles. The minimum absolute atomic E-state index is 0.175. The van der Waals surface area contributed by atoms with E-state index in [0.29, 0.717) is 69.2 Å². The zero-order valence-corrected chi connectivity index (χ0v) is 28.0. The fourth-order valence-electron chi connectivity index (χ4n) is 6.26. The summed E-state index contributed by atoms with van der Waals surface area (Å²) in [5.41, 5.74) is 2.68. The van der Waals surface area contributed by atoms with Crippen molar-refractivity contribution >= 4 is 35.3 Å². The molecule has 13 nitrogen and oxygen atoms in total. The number of hydrogen-bond acceptors (Lipinski definition) is 10. The van der Waals surface area contributed by atoms with Crippen molar-refractivity contribution in [2.75, 3.05) is 57.9 Å². The lowest BCUT2D eigenvalue weighted by Crippen LogP contribution is -2.52. The molecule has 0 spiro atoms. The van der Waals surface area contributed by atoms with E-state index in [4.69, 9.17) is 14.2 Å². The molecule has 13 heteroatoms. The molecule has 0 aromatic heterocycles. The van der Waals surface area contributed by atoms with Gasteiger partial charge in [-0.15, -0.1) is 0 Å². The molecule has 2 aromatic rings. The lowest BCUT2D eigenvalue weighted by Gasteiger charge is -2.31. The van der Waals surface area contributed by atoms with Gasteiger partial charge in [0.15, 0.2) is 0 Å².